The van der Waals surface area contributed by atoms with Gasteiger partial charge in [-0.3, -0.25) is 9.59 Å². The number of hydrogen-bond donors (Lipinski definition) is 1. The van der Waals surface area contributed by atoms with E-state index >= 15 is 0 Å². The van der Waals surface area contributed by atoms with Gasteiger partial charge in [-0.05, 0) is 12.5 Å². The fourth-order valence-corrected chi connectivity index (χ4v) is 4.28. The van der Waals surface area contributed by atoms with Crippen LogP contribution in [0.2, 0.25) is 0 Å². The molecule has 5 rings (SSSR count). The number of hydrogen-bond acceptors (Lipinski definition) is 7. The van der Waals surface area contributed by atoms with Gasteiger partial charge in [0, 0.05) is 51.1 Å². The number of pyridine rings is 1. The third kappa shape index (κ3) is 4.14. The molecule has 4 heterocycles. The summed E-state index contributed by atoms with van der Waals surface area (Å²) in [6, 6.07) is 3.57. The molecule has 2 aromatic rings. The first-order valence-electron chi connectivity index (χ1n) is 11.1. The van der Waals surface area contributed by atoms with Crippen LogP contribution in [0.25, 0.3) is 5.65 Å². The second-order valence-corrected chi connectivity index (χ2v) is 8.37. The van der Waals surface area contributed by atoms with Crippen molar-refractivity contribution in [1.82, 2.24) is 29.5 Å². The molecule has 0 radical (unpaired) electrons. The van der Waals surface area contributed by atoms with Crippen LogP contribution in [0.3, 0.4) is 0 Å². The molecule has 0 bridgehead atoms. The average Bonchev–Trinajstić information content (AvgIpc) is 3.40. The molecule has 2 amide bonds. The quantitative estimate of drug-likeness (QED) is 0.749. The number of allylic oxidation sites excluding steroid dienone is 4. The van der Waals surface area contributed by atoms with Crippen LogP contribution in [0.4, 0.5) is 5.69 Å². The van der Waals surface area contributed by atoms with E-state index in [0.717, 1.165) is 12.2 Å². The normalized spacial score (nSPS) is 21.3. The molecule has 172 valence electrons. The van der Waals surface area contributed by atoms with Crippen LogP contribution in [0, 0.1) is 0 Å². The summed E-state index contributed by atoms with van der Waals surface area (Å²) in [5, 5.41) is 11.1. The van der Waals surface area contributed by atoms with Crippen molar-refractivity contribution >= 4 is 23.1 Å². The zero-order chi connectivity index (χ0) is 22.9. The van der Waals surface area contributed by atoms with Crippen molar-refractivity contribution in [1.29, 1.82) is 0 Å². The lowest BCUT2D eigenvalue weighted by Crippen LogP contribution is -2.42. The largest absolute Gasteiger partial charge is 0.378 e. The second-order valence-electron chi connectivity index (χ2n) is 8.37. The third-order valence-corrected chi connectivity index (χ3v) is 6.20. The third-order valence-electron chi connectivity index (χ3n) is 6.20. The molecular formula is C23H27N7O3. The first-order valence-corrected chi connectivity index (χ1v) is 11.1. The van der Waals surface area contributed by atoms with Crippen LogP contribution in [0.5, 0.6) is 0 Å². The molecule has 1 atom stereocenters. The molecule has 1 fully saturated rings. The summed E-state index contributed by atoms with van der Waals surface area (Å²) in [4.78, 5) is 32.8. The van der Waals surface area contributed by atoms with E-state index in [9.17, 15) is 9.59 Å². The number of hydrazine groups is 1. The van der Waals surface area contributed by atoms with Crippen LogP contribution in [0.1, 0.15) is 18.2 Å². The van der Waals surface area contributed by atoms with Gasteiger partial charge in [-0.15, -0.1) is 0 Å². The number of likely N-dealkylation sites (N-methyl/N-ethyl adjacent to an activating group) is 2. The van der Waals surface area contributed by atoms with Gasteiger partial charge in [0.2, 0.25) is 0 Å². The summed E-state index contributed by atoms with van der Waals surface area (Å²) in [6.45, 7) is 2.47. The van der Waals surface area contributed by atoms with Gasteiger partial charge in [0.15, 0.2) is 11.5 Å². The highest BCUT2D eigenvalue weighted by atomic mass is 16.5. The molecule has 0 spiro atoms. The molecule has 0 saturated carbocycles. The van der Waals surface area contributed by atoms with Gasteiger partial charge in [-0.1, -0.05) is 24.3 Å². The van der Waals surface area contributed by atoms with Gasteiger partial charge in [-0.2, -0.15) is 5.10 Å². The van der Waals surface area contributed by atoms with Crippen molar-refractivity contribution in [3.8, 4) is 0 Å². The molecule has 1 N–H and O–H groups in total. The maximum absolute atomic E-state index is 13.3. The molecule has 3 aliphatic rings. The molecule has 0 aromatic carbocycles. The van der Waals surface area contributed by atoms with Crippen molar-refractivity contribution in [2.75, 3.05) is 52.3 Å². The Balaban J connectivity index is 1.38. The Labute approximate surface area is 191 Å². The summed E-state index contributed by atoms with van der Waals surface area (Å²) in [6.07, 6.45) is 10.9. The van der Waals surface area contributed by atoms with Gasteiger partial charge < -0.3 is 20.0 Å². The maximum atomic E-state index is 13.3. The van der Waals surface area contributed by atoms with Crippen molar-refractivity contribution in [3.05, 3.63) is 59.7 Å². The van der Waals surface area contributed by atoms with Crippen molar-refractivity contribution in [2.45, 2.75) is 12.3 Å². The lowest BCUT2D eigenvalue weighted by molar-refractivity contribution is -0.131. The molecule has 1 unspecified atom stereocenters. The maximum Gasteiger partial charge on any atom is 0.273 e. The van der Waals surface area contributed by atoms with Crippen molar-refractivity contribution in [2.24, 2.45) is 0 Å². The van der Waals surface area contributed by atoms with Gasteiger partial charge in [-0.25, -0.2) is 14.5 Å². The first-order chi connectivity index (χ1) is 16.0. The Morgan fingerprint density at radius 1 is 1.18 bits per heavy atom. The molecule has 10 heteroatoms. The summed E-state index contributed by atoms with van der Waals surface area (Å²) >= 11 is 0. The molecular weight excluding hydrogens is 422 g/mol. The number of nitrogens with one attached hydrogen (secondary N) is 1. The number of fused-ring (bicyclic) bond motifs is 1. The lowest BCUT2D eigenvalue weighted by Gasteiger charge is -2.27. The van der Waals surface area contributed by atoms with Gasteiger partial charge in [0.1, 0.15) is 5.70 Å². The number of ether oxygens (including phenoxy) is 1. The molecule has 1 saturated heterocycles. The zero-order valence-corrected chi connectivity index (χ0v) is 18.8. The predicted octanol–water partition coefficient (Wildman–Crippen LogP) is 1.17. The Morgan fingerprint density at radius 3 is 2.76 bits per heavy atom. The Kier molecular flexibility index (Phi) is 5.69. The Hall–Kier alpha value is -3.50. The van der Waals surface area contributed by atoms with Crippen LogP contribution in [-0.2, 0) is 14.3 Å². The highest BCUT2D eigenvalue weighted by Crippen LogP contribution is 2.25. The summed E-state index contributed by atoms with van der Waals surface area (Å²) in [7, 11) is 3.64. The zero-order valence-electron chi connectivity index (χ0n) is 18.8. The van der Waals surface area contributed by atoms with Crippen LogP contribution in [-0.4, -0.2) is 88.3 Å². The minimum absolute atomic E-state index is 0.119. The number of nitrogens with zero attached hydrogens (tertiary/aromatic N) is 6. The highest BCUT2D eigenvalue weighted by molar-refractivity contribution is 6.10. The van der Waals surface area contributed by atoms with E-state index in [4.69, 9.17) is 4.74 Å². The van der Waals surface area contributed by atoms with Crippen molar-refractivity contribution < 1.29 is 14.3 Å². The highest BCUT2D eigenvalue weighted by Gasteiger charge is 2.35. The van der Waals surface area contributed by atoms with E-state index in [-0.39, 0.29) is 17.7 Å². The SMILES string of the molecule is CN1CC(C(=O)N2CCOCC2)=C(C(=O)Nc2ccn3nc(C4C=CC=CC4)nc3c2)N1C. The smallest absolute Gasteiger partial charge is 0.273 e. The van der Waals surface area contributed by atoms with E-state index in [0.29, 0.717) is 55.5 Å². The van der Waals surface area contributed by atoms with E-state index in [1.807, 2.05) is 24.2 Å². The summed E-state index contributed by atoms with van der Waals surface area (Å²) in [5.74, 6) is 0.446. The fourth-order valence-electron chi connectivity index (χ4n) is 4.28. The average molecular weight is 450 g/mol. The minimum Gasteiger partial charge on any atom is -0.378 e. The van der Waals surface area contributed by atoms with Gasteiger partial charge >= 0.3 is 0 Å². The van der Waals surface area contributed by atoms with Crippen LogP contribution >= 0.6 is 0 Å². The Morgan fingerprint density at radius 2 is 2.00 bits per heavy atom. The summed E-state index contributed by atoms with van der Waals surface area (Å²) < 4.78 is 7.06. The van der Waals surface area contributed by atoms with E-state index < -0.39 is 0 Å². The lowest BCUT2D eigenvalue weighted by atomic mass is 10.0. The molecule has 2 aliphatic heterocycles. The predicted molar refractivity (Wildman–Crippen MR) is 122 cm³/mol. The molecule has 33 heavy (non-hydrogen) atoms. The Bertz CT molecular complexity index is 1180. The number of anilines is 1. The molecule has 10 nitrogen and oxygen atoms in total. The minimum atomic E-state index is -0.331. The van der Waals surface area contributed by atoms with E-state index in [1.54, 1.807) is 39.8 Å². The number of carbonyl (C=O) groups excluding carboxylic acids is 2. The van der Waals surface area contributed by atoms with Gasteiger partial charge in [0.05, 0.1) is 25.3 Å². The van der Waals surface area contributed by atoms with Gasteiger partial charge in [0.25, 0.3) is 11.8 Å². The monoisotopic (exact) mass is 449 g/mol. The number of rotatable bonds is 4. The molecule has 2 aromatic heterocycles. The molecule has 1 aliphatic carbocycles. The van der Waals surface area contributed by atoms with Crippen LogP contribution in [0.15, 0.2) is 53.9 Å². The van der Waals surface area contributed by atoms with Crippen molar-refractivity contribution in [3.63, 3.8) is 0 Å². The number of morpholine rings is 1. The van der Waals surface area contributed by atoms with Crippen LogP contribution < -0.4 is 5.32 Å². The topological polar surface area (TPSA) is 95.3 Å². The second kappa shape index (κ2) is 8.80. The van der Waals surface area contributed by atoms with E-state index in [2.05, 4.69) is 27.6 Å². The first kappa shape index (κ1) is 21.4. The number of carbonyl (C=O) groups is 2. The number of amides is 2. The standard InChI is InChI=1S/C23H27N7O3/c1-27-15-18(23(32)29-10-12-33-13-11-29)20(28(27)2)22(31)24-17-8-9-30-19(14-17)25-21(26-30)16-6-4-3-5-7-16/h3-6,8-9,14,16H,7,10-13,15H2,1-2H3,(H,24,31). The number of aromatic nitrogens is 3. The fraction of sp³-hybridized carbons (Fsp3) is 0.391. The van der Waals surface area contributed by atoms with E-state index in [1.165, 1.54) is 0 Å². The summed E-state index contributed by atoms with van der Waals surface area (Å²) in [5.41, 5.74) is 2.10.